The molecule has 4 rings (SSSR count). The number of nitrogens with zero attached hydrogens (tertiary/aromatic N) is 3. The lowest BCUT2D eigenvalue weighted by molar-refractivity contribution is -0.130. The van der Waals surface area contributed by atoms with Crippen molar-refractivity contribution in [2.75, 3.05) is 56.5 Å². The van der Waals surface area contributed by atoms with Crippen LogP contribution in [0.15, 0.2) is 54.6 Å². The molecule has 2 saturated heterocycles. The topological polar surface area (TPSA) is 87.2 Å². The van der Waals surface area contributed by atoms with Gasteiger partial charge in [-0.05, 0) is 55.0 Å². The fraction of sp³-hybridized carbons (Fsp3) is 0.462. The Balaban J connectivity index is 1.37. The van der Waals surface area contributed by atoms with Crippen LogP contribution in [0.4, 0.5) is 5.69 Å². The summed E-state index contributed by atoms with van der Waals surface area (Å²) in [5.74, 6) is 0.200. The van der Waals surface area contributed by atoms with Crippen molar-refractivity contribution in [3.8, 4) is 0 Å². The molecular formula is C26H33N3O5S. The van der Waals surface area contributed by atoms with E-state index in [1.54, 1.807) is 34.1 Å². The van der Waals surface area contributed by atoms with E-state index < -0.39 is 10.0 Å². The van der Waals surface area contributed by atoms with Crippen molar-refractivity contribution < 1.29 is 22.7 Å². The van der Waals surface area contributed by atoms with Crippen LogP contribution in [0.2, 0.25) is 0 Å². The standard InChI is InChI=1S/C26H33N3O5S/c1-35(32,33)29(24-9-7-23(8-10-24)26(31)28-15-17-34-18-16-28)20-25(30)27-13-11-22(12-14-27)19-21-5-3-2-4-6-21/h2-10,22H,11-20H2,1H3. The van der Waals surface area contributed by atoms with E-state index in [9.17, 15) is 18.0 Å². The van der Waals surface area contributed by atoms with Crippen LogP contribution < -0.4 is 4.31 Å². The Bertz CT molecular complexity index is 1110. The number of rotatable bonds is 7. The van der Waals surface area contributed by atoms with Gasteiger partial charge in [0.25, 0.3) is 5.91 Å². The second-order valence-electron chi connectivity index (χ2n) is 9.23. The first-order chi connectivity index (χ1) is 16.8. The third kappa shape index (κ3) is 6.61. The van der Waals surface area contributed by atoms with Crippen molar-refractivity contribution in [1.29, 1.82) is 0 Å². The van der Waals surface area contributed by atoms with E-state index in [0.717, 1.165) is 29.8 Å². The van der Waals surface area contributed by atoms with E-state index in [2.05, 4.69) is 12.1 Å². The van der Waals surface area contributed by atoms with Crippen molar-refractivity contribution >= 4 is 27.5 Å². The highest BCUT2D eigenvalue weighted by molar-refractivity contribution is 7.92. The zero-order chi connectivity index (χ0) is 24.8. The van der Waals surface area contributed by atoms with Crippen molar-refractivity contribution in [2.24, 2.45) is 5.92 Å². The number of ether oxygens (including phenoxy) is 1. The third-order valence-electron chi connectivity index (χ3n) is 6.71. The average molecular weight is 500 g/mol. The molecule has 0 N–H and O–H groups in total. The minimum atomic E-state index is -3.68. The van der Waals surface area contributed by atoms with Crippen LogP contribution in [0.5, 0.6) is 0 Å². The number of hydrogen-bond donors (Lipinski definition) is 0. The largest absolute Gasteiger partial charge is 0.378 e. The molecule has 2 aromatic carbocycles. The SMILES string of the molecule is CS(=O)(=O)N(CC(=O)N1CCC(Cc2ccccc2)CC1)c1ccc(C(=O)N2CCOCC2)cc1. The second kappa shape index (κ2) is 11.2. The summed E-state index contributed by atoms with van der Waals surface area (Å²) in [6.45, 7) is 3.09. The van der Waals surface area contributed by atoms with E-state index in [1.165, 1.54) is 5.56 Å². The zero-order valence-electron chi connectivity index (χ0n) is 20.1. The van der Waals surface area contributed by atoms with Crippen LogP contribution in [0.25, 0.3) is 0 Å². The second-order valence-corrected chi connectivity index (χ2v) is 11.1. The van der Waals surface area contributed by atoms with Crippen LogP contribution in [0, 0.1) is 5.92 Å². The molecule has 0 saturated carbocycles. The normalized spacial score (nSPS) is 17.3. The lowest BCUT2D eigenvalue weighted by Crippen LogP contribution is -2.46. The molecule has 0 spiro atoms. The van der Waals surface area contributed by atoms with Gasteiger partial charge in [-0.2, -0.15) is 0 Å². The Kier molecular flexibility index (Phi) is 8.07. The zero-order valence-corrected chi connectivity index (χ0v) is 21.0. The Labute approximate surface area is 207 Å². The molecule has 2 fully saturated rings. The molecule has 0 radical (unpaired) electrons. The van der Waals surface area contributed by atoms with Gasteiger partial charge in [0.05, 0.1) is 25.2 Å². The molecule has 0 aromatic heterocycles. The highest BCUT2D eigenvalue weighted by Crippen LogP contribution is 2.24. The van der Waals surface area contributed by atoms with E-state index >= 15 is 0 Å². The number of anilines is 1. The summed E-state index contributed by atoms with van der Waals surface area (Å²) in [5, 5.41) is 0. The Morgan fingerprint density at radius 1 is 0.914 bits per heavy atom. The summed E-state index contributed by atoms with van der Waals surface area (Å²) in [5.41, 5.74) is 2.16. The quantitative estimate of drug-likeness (QED) is 0.584. The number of hydrogen-bond acceptors (Lipinski definition) is 5. The van der Waals surface area contributed by atoms with E-state index in [1.807, 2.05) is 18.2 Å². The summed E-state index contributed by atoms with van der Waals surface area (Å²) in [6.07, 6.45) is 3.89. The number of carbonyl (C=O) groups is 2. The van der Waals surface area contributed by atoms with Gasteiger partial charge < -0.3 is 14.5 Å². The summed E-state index contributed by atoms with van der Waals surface area (Å²) < 4.78 is 31.5. The lowest BCUT2D eigenvalue weighted by atomic mass is 9.90. The Hall–Kier alpha value is -2.91. The van der Waals surface area contributed by atoms with Crippen LogP contribution in [-0.2, 0) is 26.0 Å². The molecule has 0 atom stereocenters. The van der Waals surface area contributed by atoms with Crippen LogP contribution >= 0.6 is 0 Å². The van der Waals surface area contributed by atoms with Gasteiger partial charge >= 0.3 is 0 Å². The van der Waals surface area contributed by atoms with Gasteiger partial charge in [0.2, 0.25) is 15.9 Å². The maximum Gasteiger partial charge on any atom is 0.254 e. The number of amides is 2. The minimum Gasteiger partial charge on any atom is -0.378 e. The van der Waals surface area contributed by atoms with Gasteiger partial charge in [0.15, 0.2) is 0 Å². The molecule has 2 aromatic rings. The minimum absolute atomic E-state index is 0.111. The maximum atomic E-state index is 13.0. The van der Waals surface area contributed by atoms with Crippen LogP contribution in [0.1, 0.15) is 28.8 Å². The fourth-order valence-corrected chi connectivity index (χ4v) is 5.53. The Morgan fingerprint density at radius 3 is 2.14 bits per heavy atom. The van der Waals surface area contributed by atoms with Gasteiger partial charge in [-0.1, -0.05) is 30.3 Å². The van der Waals surface area contributed by atoms with E-state index in [0.29, 0.717) is 56.6 Å². The molecule has 9 heteroatoms. The molecule has 2 aliphatic heterocycles. The highest BCUT2D eigenvalue weighted by Gasteiger charge is 2.28. The third-order valence-corrected chi connectivity index (χ3v) is 7.85. The number of piperidine rings is 1. The first-order valence-electron chi connectivity index (χ1n) is 12.1. The molecule has 188 valence electrons. The molecule has 35 heavy (non-hydrogen) atoms. The first-order valence-corrected chi connectivity index (χ1v) is 13.9. The number of carbonyl (C=O) groups excluding carboxylic acids is 2. The van der Waals surface area contributed by atoms with Gasteiger partial charge in [-0.15, -0.1) is 0 Å². The predicted molar refractivity (Wildman–Crippen MR) is 135 cm³/mol. The van der Waals surface area contributed by atoms with Gasteiger partial charge in [0, 0.05) is 31.7 Å². The molecular weight excluding hydrogens is 466 g/mol. The molecule has 0 unspecified atom stereocenters. The number of likely N-dealkylation sites (tertiary alicyclic amines) is 1. The highest BCUT2D eigenvalue weighted by atomic mass is 32.2. The van der Waals surface area contributed by atoms with E-state index in [-0.39, 0.29) is 18.4 Å². The van der Waals surface area contributed by atoms with Gasteiger partial charge in [0.1, 0.15) is 6.54 Å². The summed E-state index contributed by atoms with van der Waals surface area (Å²) in [6, 6.07) is 16.8. The fourth-order valence-electron chi connectivity index (χ4n) is 4.68. The van der Waals surface area contributed by atoms with Gasteiger partial charge in [-0.3, -0.25) is 13.9 Å². The van der Waals surface area contributed by atoms with Crippen LogP contribution in [-0.4, -0.2) is 82.2 Å². The number of morpholine rings is 1. The van der Waals surface area contributed by atoms with Crippen molar-refractivity contribution in [2.45, 2.75) is 19.3 Å². The van der Waals surface area contributed by atoms with Crippen molar-refractivity contribution in [1.82, 2.24) is 9.80 Å². The van der Waals surface area contributed by atoms with Gasteiger partial charge in [-0.25, -0.2) is 8.42 Å². The maximum absolute atomic E-state index is 13.0. The molecule has 0 aliphatic carbocycles. The summed E-state index contributed by atoms with van der Waals surface area (Å²) in [4.78, 5) is 29.2. The number of benzene rings is 2. The molecule has 2 heterocycles. The van der Waals surface area contributed by atoms with Crippen molar-refractivity contribution in [3.63, 3.8) is 0 Å². The first kappa shape index (κ1) is 25.2. The summed E-state index contributed by atoms with van der Waals surface area (Å²) >= 11 is 0. The summed E-state index contributed by atoms with van der Waals surface area (Å²) in [7, 11) is -3.68. The predicted octanol–water partition coefficient (Wildman–Crippen LogP) is 2.41. The van der Waals surface area contributed by atoms with E-state index in [4.69, 9.17) is 4.74 Å². The molecule has 2 aliphatic rings. The smallest absolute Gasteiger partial charge is 0.254 e. The van der Waals surface area contributed by atoms with Crippen LogP contribution in [0.3, 0.4) is 0 Å². The lowest BCUT2D eigenvalue weighted by Gasteiger charge is -2.33. The average Bonchev–Trinajstić information content (AvgIpc) is 2.88. The number of sulfonamides is 1. The molecule has 2 amide bonds. The monoisotopic (exact) mass is 499 g/mol. The van der Waals surface area contributed by atoms with Crippen molar-refractivity contribution in [3.05, 3.63) is 65.7 Å². The Morgan fingerprint density at radius 2 is 1.54 bits per heavy atom. The molecule has 0 bridgehead atoms. The molecule has 8 nitrogen and oxygen atoms in total.